The van der Waals surface area contributed by atoms with Crippen molar-refractivity contribution in [2.24, 2.45) is 0 Å². The molecule has 0 radical (unpaired) electrons. The molecule has 4 rings (SSSR count). The van der Waals surface area contributed by atoms with Crippen molar-refractivity contribution in [1.29, 1.82) is 0 Å². The van der Waals surface area contributed by atoms with E-state index < -0.39 is 0 Å². The highest BCUT2D eigenvalue weighted by atomic mass is 16.2. The standard InChI is InChI=1S/C20H23N7O/c28-20(26-11-4-9-21-10-12-26)18-7-8-19(25-24-18)22-13-16-14-23-27(15-16)17-5-2-1-3-6-17/h1-3,5-8,14-15,21H,4,9-13H2,(H,22,25). The normalized spacial score (nSPS) is 14.5. The summed E-state index contributed by atoms with van der Waals surface area (Å²) >= 11 is 0. The van der Waals surface area contributed by atoms with Crippen molar-refractivity contribution in [3.8, 4) is 5.69 Å². The first-order chi connectivity index (χ1) is 13.8. The number of carbonyl (C=O) groups is 1. The van der Waals surface area contributed by atoms with Gasteiger partial charge in [-0.15, -0.1) is 10.2 Å². The molecule has 2 aromatic heterocycles. The molecule has 8 nitrogen and oxygen atoms in total. The van der Waals surface area contributed by atoms with Gasteiger partial charge in [-0.2, -0.15) is 5.10 Å². The Balaban J connectivity index is 1.35. The van der Waals surface area contributed by atoms with Gasteiger partial charge in [0.2, 0.25) is 0 Å². The van der Waals surface area contributed by atoms with Gasteiger partial charge in [0, 0.05) is 37.9 Å². The Morgan fingerprint density at radius 1 is 1.07 bits per heavy atom. The molecular formula is C20H23N7O. The number of hydrogen-bond acceptors (Lipinski definition) is 6. The van der Waals surface area contributed by atoms with Crippen LogP contribution in [0.15, 0.2) is 54.9 Å². The second kappa shape index (κ2) is 8.62. The highest BCUT2D eigenvalue weighted by Crippen LogP contribution is 2.11. The van der Waals surface area contributed by atoms with Crippen LogP contribution < -0.4 is 10.6 Å². The van der Waals surface area contributed by atoms with Gasteiger partial charge in [0.05, 0.1) is 11.9 Å². The fourth-order valence-corrected chi connectivity index (χ4v) is 3.12. The molecular weight excluding hydrogens is 354 g/mol. The Morgan fingerprint density at radius 3 is 2.79 bits per heavy atom. The van der Waals surface area contributed by atoms with E-state index in [2.05, 4.69) is 25.9 Å². The third-order valence-corrected chi connectivity index (χ3v) is 4.64. The SMILES string of the molecule is O=C(c1ccc(NCc2cnn(-c3ccccc3)c2)nn1)N1CCCNCC1. The monoisotopic (exact) mass is 377 g/mol. The van der Waals surface area contributed by atoms with Crippen LogP contribution in [0.4, 0.5) is 5.82 Å². The van der Waals surface area contributed by atoms with Crippen molar-refractivity contribution in [1.82, 2.24) is 30.2 Å². The summed E-state index contributed by atoms with van der Waals surface area (Å²) in [7, 11) is 0. The summed E-state index contributed by atoms with van der Waals surface area (Å²) in [5, 5.41) is 19.1. The molecule has 0 unspecified atom stereocenters. The van der Waals surface area contributed by atoms with E-state index in [-0.39, 0.29) is 5.91 Å². The molecule has 2 N–H and O–H groups in total. The lowest BCUT2D eigenvalue weighted by Gasteiger charge is -2.19. The predicted octanol–water partition coefficient (Wildman–Crippen LogP) is 1.71. The largest absolute Gasteiger partial charge is 0.364 e. The Hall–Kier alpha value is -3.26. The molecule has 0 bridgehead atoms. The lowest BCUT2D eigenvalue weighted by Crippen LogP contribution is -2.34. The van der Waals surface area contributed by atoms with Crippen molar-refractivity contribution in [2.45, 2.75) is 13.0 Å². The van der Waals surface area contributed by atoms with Crippen molar-refractivity contribution < 1.29 is 4.79 Å². The van der Waals surface area contributed by atoms with Gasteiger partial charge >= 0.3 is 0 Å². The first-order valence-electron chi connectivity index (χ1n) is 9.46. The predicted molar refractivity (Wildman–Crippen MR) is 106 cm³/mol. The second-order valence-electron chi connectivity index (χ2n) is 6.68. The number of hydrogen-bond donors (Lipinski definition) is 2. The van der Waals surface area contributed by atoms with Gasteiger partial charge in [0.15, 0.2) is 5.69 Å². The van der Waals surface area contributed by atoms with E-state index in [9.17, 15) is 4.79 Å². The first kappa shape index (κ1) is 18.1. The Kier molecular flexibility index (Phi) is 5.58. The number of anilines is 1. The molecule has 1 amide bonds. The lowest BCUT2D eigenvalue weighted by atomic mass is 10.3. The lowest BCUT2D eigenvalue weighted by molar-refractivity contribution is 0.0759. The quantitative estimate of drug-likeness (QED) is 0.704. The van der Waals surface area contributed by atoms with Crippen molar-refractivity contribution >= 4 is 11.7 Å². The van der Waals surface area contributed by atoms with Gasteiger partial charge in [-0.1, -0.05) is 18.2 Å². The molecule has 0 saturated carbocycles. The smallest absolute Gasteiger partial charge is 0.274 e. The maximum absolute atomic E-state index is 12.5. The van der Waals surface area contributed by atoms with E-state index >= 15 is 0 Å². The molecule has 3 heterocycles. The topological polar surface area (TPSA) is 88.0 Å². The number of benzene rings is 1. The fourth-order valence-electron chi connectivity index (χ4n) is 3.12. The van der Waals surface area contributed by atoms with Crippen molar-refractivity contribution in [2.75, 3.05) is 31.5 Å². The third-order valence-electron chi connectivity index (χ3n) is 4.64. The molecule has 28 heavy (non-hydrogen) atoms. The van der Waals surface area contributed by atoms with Crippen LogP contribution in [0.1, 0.15) is 22.5 Å². The number of carbonyl (C=O) groups excluding carboxylic acids is 1. The molecule has 1 saturated heterocycles. The van der Waals surface area contributed by atoms with Crippen LogP contribution in [0, 0.1) is 0 Å². The summed E-state index contributed by atoms with van der Waals surface area (Å²) in [6.45, 7) is 3.78. The molecule has 144 valence electrons. The fraction of sp³-hybridized carbons (Fsp3) is 0.300. The minimum absolute atomic E-state index is 0.0631. The maximum Gasteiger partial charge on any atom is 0.274 e. The van der Waals surface area contributed by atoms with Crippen LogP contribution in [0.5, 0.6) is 0 Å². The average Bonchev–Trinajstić information content (AvgIpc) is 3.06. The Morgan fingerprint density at radius 2 is 1.96 bits per heavy atom. The molecule has 3 aromatic rings. The van der Waals surface area contributed by atoms with E-state index in [4.69, 9.17) is 0 Å². The van der Waals surface area contributed by atoms with E-state index in [1.165, 1.54) is 0 Å². The number of nitrogens with one attached hydrogen (secondary N) is 2. The van der Waals surface area contributed by atoms with E-state index in [1.54, 1.807) is 12.1 Å². The molecule has 1 aliphatic heterocycles. The van der Waals surface area contributed by atoms with E-state index in [1.807, 2.05) is 52.3 Å². The summed E-state index contributed by atoms with van der Waals surface area (Å²) in [5.41, 5.74) is 2.42. The minimum Gasteiger partial charge on any atom is -0.364 e. The van der Waals surface area contributed by atoms with Crippen LogP contribution in [0.25, 0.3) is 5.69 Å². The Bertz CT molecular complexity index is 900. The van der Waals surface area contributed by atoms with E-state index in [0.717, 1.165) is 37.3 Å². The molecule has 1 aliphatic rings. The van der Waals surface area contributed by atoms with Crippen LogP contribution >= 0.6 is 0 Å². The average molecular weight is 377 g/mol. The van der Waals surface area contributed by atoms with Crippen molar-refractivity contribution in [3.05, 3.63) is 66.1 Å². The summed E-state index contributed by atoms with van der Waals surface area (Å²) in [6, 6.07) is 13.5. The number of rotatable bonds is 5. The van der Waals surface area contributed by atoms with Crippen LogP contribution in [-0.2, 0) is 6.54 Å². The van der Waals surface area contributed by atoms with Gasteiger partial charge in [-0.3, -0.25) is 4.79 Å². The molecule has 1 fully saturated rings. The number of aromatic nitrogens is 4. The van der Waals surface area contributed by atoms with Gasteiger partial charge in [0.1, 0.15) is 5.82 Å². The summed E-state index contributed by atoms with van der Waals surface area (Å²) < 4.78 is 1.83. The third kappa shape index (κ3) is 4.34. The molecule has 1 aromatic carbocycles. The second-order valence-corrected chi connectivity index (χ2v) is 6.68. The zero-order valence-electron chi connectivity index (χ0n) is 15.6. The molecule has 0 spiro atoms. The van der Waals surface area contributed by atoms with E-state index in [0.29, 0.717) is 24.6 Å². The molecule has 8 heteroatoms. The number of amides is 1. The van der Waals surface area contributed by atoms with Gasteiger partial charge in [-0.25, -0.2) is 4.68 Å². The van der Waals surface area contributed by atoms with Crippen LogP contribution in [-0.4, -0.2) is 57.0 Å². The zero-order valence-corrected chi connectivity index (χ0v) is 15.6. The summed E-state index contributed by atoms with van der Waals surface area (Å²) in [4.78, 5) is 14.4. The van der Waals surface area contributed by atoms with Gasteiger partial charge in [0.25, 0.3) is 5.91 Å². The highest BCUT2D eigenvalue weighted by Gasteiger charge is 2.18. The highest BCUT2D eigenvalue weighted by molar-refractivity contribution is 5.92. The zero-order chi connectivity index (χ0) is 19.2. The summed E-state index contributed by atoms with van der Waals surface area (Å²) in [6.07, 6.45) is 4.75. The van der Waals surface area contributed by atoms with Crippen molar-refractivity contribution in [3.63, 3.8) is 0 Å². The van der Waals surface area contributed by atoms with Crippen LogP contribution in [0.3, 0.4) is 0 Å². The number of para-hydroxylation sites is 1. The minimum atomic E-state index is -0.0631. The molecule has 0 aliphatic carbocycles. The Labute approximate surface area is 163 Å². The summed E-state index contributed by atoms with van der Waals surface area (Å²) in [5.74, 6) is 0.563. The maximum atomic E-state index is 12.5. The first-order valence-corrected chi connectivity index (χ1v) is 9.46. The molecule has 0 atom stereocenters. The van der Waals surface area contributed by atoms with Crippen LogP contribution in [0.2, 0.25) is 0 Å². The number of nitrogens with zero attached hydrogens (tertiary/aromatic N) is 5. The van der Waals surface area contributed by atoms with Gasteiger partial charge in [-0.05, 0) is 37.2 Å². The van der Waals surface area contributed by atoms with Gasteiger partial charge < -0.3 is 15.5 Å².